The van der Waals surface area contributed by atoms with Gasteiger partial charge in [-0.05, 0) is 68.7 Å². The van der Waals surface area contributed by atoms with E-state index in [-0.39, 0.29) is 6.04 Å². The third-order valence-corrected chi connectivity index (χ3v) is 4.48. The molecule has 2 N–H and O–H groups in total. The van der Waals surface area contributed by atoms with Gasteiger partial charge in [0.1, 0.15) is 5.75 Å². The molecule has 0 spiro atoms. The summed E-state index contributed by atoms with van der Waals surface area (Å²) < 4.78 is 5.77. The van der Waals surface area contributed by atoms with E-state index in [0.717, 1.165) is 41.2 Å². The van der Waals surface area contributed by atoms with E-state index in [2.05, 4.69) is 26.8 Å². The lowest BCUT2D eigenvalue weighted by molar-refractivity contribution is 0.335. The van der Waals surface area contributed by atoms with Gasteiger partial charge in [-0.25, -0.2) is 0 Å². The van der Waals surface area contributed by atoms with E-state index in [1.165, 1.54) is 5.56 Å². The molecule has 1 aromatic rings. The van der Waals surface area contributed by atoms with E-state index in [4.69, 9.17) is 22.1 Å². The van der Waals surface area contributed by atoms with Crippen LogP contribution in [-0.2, 0) is 6.42 Å². The quantitative estimate of drug-likeness (QED) is 0.794. The minimum Gasteiger partial charge on any atom is -0.494 e. The molecule has 2 nitrogen and oxygen atoms in total. The molecule has 0 heterocycles. The van der Waals surface area contributed by atoms with E-state index < -0.39 is 0 Å². The summed E-state index contributed by atoms with van der Waals surface area (Å²) in [6, 6.07) is 2.32. The highest BCUT2D eigenvalue weighted by Gasteiger charge is 2.14. The summed E-state index contributed by atoms with van der Waals surface area (Å²) in [5.41, 5.74) is 9.57. The summed E-state index contributed by atoms with van der Waals surface area (Å²) >= 11 is 6.37. The van der Waals surface area contributed by atoms with Gasteiger partial charge in [0.05, 0.1) is 6.61 Å². The SMILES string of the molecule is CCOc1cc(C)c(Cl)c(C)c1CCCC(N)C(C)C. The second-order valence-corrected chi connectivity index (χ2v) is 6.22. The molecule has 1 atom stereocenters. The number of ether oxygens (including phenoxy) is 1. The van der Waals surface area contributed by atoms with Gasteiger partial charge in [-0.3, -0.25) is 0 Å². The Morgan fingerprint density at radius 3 is 2.50 bits per heavy atom. The van der Waals surface area contributed by atoms with Crippen LogP contribution < -0.4 is 10.5 Å². The van der Waals surface area contributed by atoms with Crippen molar-refractivity contribution in [3.05, 3.63) is 27.8 Å². The highest BCUT2D eigenvalue weighted by atomic mass is 35.5. The van der Waals surface area contributed by atoms with Crippen LogP contribution in [0.25, 0.3) is 0 Å². The molecule has 0 aromatic heterocycles. The fraction of sp³-hybridized carbons (Fsp3) is 0.647. The van der Waals surface area contributed by atoms with Gasteiger partial charge in [0.2, 0.25) is 0 Å². The molecule has 20 heavy (non-hydrogen) atoms. The van der Waals surface area contributed by atoms with Gasteiger partial charge in [0, 0.05) is 11.1 Å². The van der Waals surface area contributed by atoms with Gasteiger partial charge < -0.3 is 10.5 Å². The third-order valence-electron chi connectivity index (χ3n) is 3.89. The summed E-state index contributed by atoms with van der Waals surface area (Å²) in [6.07, 6.45) is 3.08. The Morgan fingerprint density at radius 1 is 1.30 bits per heavy atom. The number of rotatable bonds is 7. The third kappa shape index (κ3) is 4.39. The number of nitrogens with two attached hydrogens (primary N) is 1. The Hall–Kier alpha value is -0.730. The molecule has 1 aromatic carbocycles. The lowest BCUT2D eigenvalue weighted by Crippen LogP contribution is -2.26. The van der Waals surface area contributed by atoms with E-state index in [1.807, 2.05) is 13.8 Å². The average molecular weight is 298 g/mol. The molecule has 0 aliphatic heterocycles. The number of benzene rings is 1. The molecule has 0 aliphatic rings. The molecule has 114 valence electrons. The van der Waals surface area contributed by atoms with E-state index >= 15 is 0 Å². The zero-order valence-electron chi connectivity index (χ0n) is 13.4. The molecule has 0 bridgehead atoms. The Morgan fingerprint density at radius 2 is 1.95 bits per heavy atom. The molecule has 0 saturated carbocycles. The molecule has 0 amide bonds. The second kappa shape index (κ2) is 7.90. The predicted molar refractivity (Wildman–Crippen MR) is 87.8 cm³/mol. The molecule has 1 rings (SSSR count). The van der Waals surface area contributed by atoms with Crippen molar-refractivity contribution in [1.29, 1.82) is 0 Å². The number of aryl methyl sites for hydroxylation is 1. The number of hydrogen-bond acceptors (Lipinski definition) is 2. The van der Waals surface area contributed by atoms with E-state index in [9.17, 15) is 0 Å². The van der Waals surface area contributed by atoms with Crippen molar-refractivity contribution in [2.45, 2.75) is 59.9 Å². The monoisotopic (exact) mass is 297 g/mol. The maximum Gasteiger partial charge on any atom is 0.123 e. The van der Waals surface area contributed by atoms with Crippen LogP contribution in [0.4, 0.5) is 0 Å². The van der Waals surface area contributed by atoms with Gasteiger partial charge in [-0.2, -0.15) is 0 Å². The zero-order chi connectivity index (χ0) is 15.3. The first kappa shape index (κ1) is 17.3. The summed E-state index contributed by atoms with van der Waals surface area (Å²) in [6.45, 7) is 11.1. The van der Waals surface area contributed by atoms with Crippen LogP contribution in [0.2, 0.25) is 5.02 Å². The summed E-state index contributed by atoms with van der Waals surface area (Å²) in [5, 5.41) is 0.858. The average Bonchev–Trinajstić information content (AvgIpc) is 2.39. The minimum atomic E-state index is 0.270. The molecular weight excluding hydrogens is 270 g/mol. The first-order chi connectivity index (χ1) is 9.38. The zero-order valence-corrected chi connectivity index (χ0v) is 14.2. The lowest BCUT2D eigenvalue weighted by atomic mass is 9.95. The second-order valence-electron chi connectivity index (χ2n) is 5.84. The maximum atomic E-state index is 6.37. The summed E-state index contributed by atoms with van der Waals surface area (Å²) in [5.74, 6) is 1.51. The summed E-state index contributed by atoms with van der Waals surface area (Å²) in [4.78, 5) is 0. The highest BCUT2D eigenvalue weighted by molar-refractivity contribution is 6.32. The number of halogens is 1. The minimum absolute atomic E-state index is 0.270. The van der Waals surface area contributed by atoms with Crippen LogP contribution in [0.5, 0.6) is 5.75 Å². The van der Waals surface area contributed by atoms with Gasteiger partial charge in [0.15, 0.2) is 0 Å². The molecule has 0 radical (unpaired) electrons. The van der Waals surface area contributed by atoms with Crippen LogP contribution in [0.15, 0.2) is 6.07 Å². The normalized spacial score (nSPS) is 12.8. The van der Waals surface area contributed by atoms with E-state index in [1.54, 1.807) is 0 Å². The van der Waals surface area contributed by atoms with Crippen LogP contribution in [0, 0.1) is 19.8 Å². The number of hydrogen-bond donors (Lipinski definition) is 1. The molecular formula is C17H28ClNO. The maximum absolute atomic E-state index is 6.37. The van der Waals surface area contributed by atoms with Crippen LogP contribution >= 0.6 is 11.6 Å². The topological polar surface area (TPSA) is 35.2 Å². The largest absolute Gasteiger partial charge is 0.494 e. The Bertz CT molecular complexity index is 443. The van der Waals surface area contributed by atoms with Crippen molar-refractivity contribution >= 4 is 11.6 Å². The Labute approximate surface area is 128 Å². The van der Waals surface area contributed by atoms with Crippen molar-refractivity contribution in [2.24, 2.45) is 11.7 Å². The molecule has 0 fully saturated rings. The van der Waals surface area contributed by atoms with Crippen LogP contribution in [0.1, 0.15) is 50.3 Å². The first-order valence-corrected chi connectivity index (χ1v) is 7.93. The fourth-order valence-corrected chi connectivity index (χ4v) is 2.57. The fourth-order valence-electron chi connectivity index (χ4n) is 2.40. The summed E-state index contributed by atoms with van der Waals surface area (Å²) in [7, 11) is 0. The van der Waals surface area contributed by atoms with Crippen molar-refractivity contribution in [2.75, 3.05) is 6.61 Å². The van der Waals surface area contributed by atoms with Crippen molar-refractivity contribution in [3.8, 4) is 5.75 Å². The molecule has 0 aliphatic carbocycles. The smallest absolute Gasteiger partial charge is 0.123 e. The Balaban J connectivity index is 2.84. The molecule has 0 saturated heterocycles. The van der Waals surface area contributed by atoms with Crippen molar-refractivity contribution in [1.82, 2.24) is 0 Å². The lowest BCUT2D eigenvalue weighted by Gasteiger charge is -2.18. The van der Waals surface area contributed by atoms with Crippen LogP contribution in [0.3, 0.4) is 0 Å². The van der Waals surface area contributed by atoms with Crippen molar-refractivity contribution in [3.63, 3.8) is 0 Å². The van der Waals surface area contributed by atoms with Crippen LogP contribution in [-0.4, -0.2) is 12.6 Å². The molecule has 1 unspecified atom stereocenters. The van der Waals surface area contributed by atoms with E-state index in [0.29, 0.717) is 12.5 Å². The van der Waals surface area contributed by atoms with Gasteiger partial charge in [-0.15, -0.1) is 0 Å². The Kier molecular flexibility index (Phi) is 6.84. The first-order valence-electron chi connectivity index (χ1n) is 7.55. The molecule has 3 heteroatoms. The van der Waals surface area contributed by atoms with Gasteiger partial charge in [-0.1, -0.05) is 25.4 Å². The van der Waals surface area contributed by atoms with Gasteiger partial charge in [0.25, 0.3) is 0 Å². The van der Waals surface area contributed by atoms with Crippen molar-refractivity contribution < 1.29 is 4.74 Å². The highest BCUT2D eigenvalue weighted by Crippen LogP contribution is 2.33. The standard InChI is InChI=1S/C17H28ClNO/c1-6-20-16-10-12(4)17(18)13(5)14(16)8-7-9-15(19)11(2)3/h10-11,15H,6-9,19H2,1-5H3. The van der Waals surface area contributed by atoms with Gasteiger partial charge >= 0.3 is 0 Å². The predicted octanol–water partition coefficient (Wildman–Crippen LogP) is 4.66.